The highest BCUT2D eigenvalue weighted by atomic mass is 16.5. The zero-order valence-corrected chi connectivity index (χ0v) is 57.4. The predicted molar refractivity (Wildman–Crippen MR) is 375 cm³/mol. The van der Waals surface area contributed by atoms with Crippen LogP contribution >= 0.6 is 0 Å². The minimum absolute atomic E-state index is 0.00359. The highest BCUT2D eigenvalue weighted by Crippen LogP contribution is 2.19. The van der Waals surface area contributed by atoms with Crippen LogP contribution in [0.2, 0.25) is 0 Å². The van der Waals surface area contributed by atoms with Crippen LogP contribution in [0.3, 0.4) is 0 Å². The molecule has 0 aromatic heterocycles. The van der Waals surface area contributed by atoms with Gasteiger partial charge >= 0.3 is 5.97 Å². The summed E-state index contributed by atoms with van der Waals surface area (Å²) in [5.74, 6) is -0.0257. The van der Waals surface area contributed by atoms with Crippen LogP contribution in [0.1, 0.15) is 418 Å². The molecule has 0 aliphatic rings. The summed E-state index contributed by atoms with van der Waals surface area (Å²) >= 11 is 0. The SMILES string of the molecule is CCCCCC/C=C\C/C=C\CCCCCCCC(=O)OCCCCCCCCCCCCC/C=C\C/C=C\CCCCCCCCCCCCCCCCCCCC(=O)NC(CO)C(O)CCCCCCCCCCCCCCCCCCC. The van der Waals surface area contributed by atoms with E-state index in [2.05, 4.69) is 67.8 Å². The van der Waals surface area contributed by atoms with E-state index in [4.69, 9.17) is 4.74 Å². The van der Waals surface area contributed by atoms with Gasteiger partial charge in [-0.2, -0.15) is 0 Å². The van der Waals surface area contributed by atoms with Gasteiger partial charge in [0.1, 0.15) is 0 Å². The second-order valence-corrected chi connectivity index (χ2v) is 26.3. The maximum atomic E-state index is 12.5. The minimum atomic E-state index is -0.663. The van der Waals surface area contributed by atoms with E-state index in [1.165, 1.54) is 327 Å². The first-order chi connectivity index (χ1) is 42.0. The summed E-state index contributed by atoms with van der Waals surface area (Å²) in [6.07, 6.45) is 97.6. The van der Waals surface area contributed by atoms with Gasteiger partial charge in [-0.1, -0.05) is 364 Å². The molecular weight excluding hydrogens is 1040 g/mol. The maximum Gasteiger partial charge on any atom is 0.305 e. The molecule has 0 aliphatic heterocycles. The highest BCUT2D eigenvalue weighted by Gasteiger charge is 2.20. The summed E-state index contributed by atoms with van der Waals surface area (Å²) in [7, 11) is 0. The summed E-state index contributed by atoms with van der Waals surface area (Å²) in [5, 5.41) is 23.4. The number of aliphatic hydroxyl groups is 2. The molecule has 1 amide bonds. The van der Waals surface area contributed by atoms with Gasteiger partial charge in [-0.25, -0.2) is 0 Å². The van der Waals surface area contributed by atoms with Crippen molar-refractivity contribution >= 4 is 11.9 Å². The van der Waals surface area contributed by atoms with E-state index in [0.29, 0.717) is 25.9 Å². The predicted octanol–water partition coefficient (Wildman–Crippen LogP) is 25.2. The fourth-order valence-electron chi connectivity index (χ4n) is 12.0. The van der Waals surface area contributed by atoms with E-state index in [0.717, 1.165) is 57.8 Å². The monoisotopic (exact) mass is 1190 g/mol. The number of aliphatic hydroxyl groups excluding tert-OH is 2. The number of hydrogen-bond acceptors (Lipinski definition) is 5. The lowest BCUT2D eigenvalue weighted by atomic mass is 10.0. The van der Waals surface area contributed by atoms with Crippen molar-refractivity contribution in [2.45, 2.75) is 431 Å². The van der Waals surface area contributed by atoms with E-state index < -0.39 is 12.1 Å². The van der Waals surface area contributed by atoms with Crippen molar-refractivity contribution in [2.75, 3.05) is 13.2 Å². The molecule has 2 unspecified atom stereocenters. The fraction of sp³-hybridized carbons (Fsp3) is 0.873. The summed E-state index contributed by atoms with van der Waals surface area (Å²) in [6.45, 7) is 4.96. The van der Waals surface area contributed by atoms with E-state index in [1.54, 1.807) is 0 Å². The van der Waals surface area contributed by atoms with Crippen molar-refractivity contribution in [1.82, 2.24) is 5.32 Å². The topological polar surface area (TPSA) is 95.9 Å². The van der Waals surface area contributed by atoms with Crippen LogP contribution in [-0.4, -0.2) is 47.4 Å². The molecule has 0 fully saturated rings. The normalized spacial score (nSPS) is 12.8. The van der Waals surface area contributed by atoms with Gasteiger partial charge in [0.05, 0.1) is 25.4 Å². The third kappa shape index (κ3) is 70.8. The first kappa shape index (κ1) is 82.8. The van der Waals surface area contributed by atoms with Crippen LogP contribution in [0.4, 0.5) is 0 Å². The Morgan fingerprint density at radius 2 is 0.588 bits per heavy atom. The Balaban J connectivity index is 3.37. The van der Waals surface area contributed by atoms with Crippen molar-refractivity contribution < 1.29 is 24.5 Å². The average Bonchev–Trinajstić information content (AvgIpc) is 3.50. The minimum Gasteiger partial charge on any atom is -0.466 e. The second kappa shape index (κ2) is 74.3. The molecule has 0 spiro atoms. The standard InChI is InChI=1S/C79H149NO5/c1-3-5-7-9-11-13-15-17-19-40-43-47-51-55-59-63-67-71-77(82)76(75-81)80-78(83)72-68-64-60-56-52-48-44-41-38-36-34-32-30-28-26-24-22-21-23-25-27-29-31-33-35-37-39-42-46-50-54-58-62-66-70-74-85-79(84)73-69-65-61-57-53-49-45-20-18-16-14-12-10-8-6-4-2/h14,16,20,23,25,29,31,45,76-77,81-82H,3-13,15,17-19,21-22,24,26-28,30,32-44,46-75H2,1-2H3,(H,80,83)/b16-14-,25-23-,31-29-,45-20-. The molecule has 0 aliphatic carbocycles. The molecule has 0 bridgehead atoms. The fourth-order valence-corrected chi connectivity index (χ4v) is 12.0. The van der Waals surface area contributed by atoms with Crippen LogP contribution < -0.4 is 5.32 Å². The number of amides is 1. The van der Waals surface area contributed by atoms with Gasteiger partial charge in [-0.15, -0.1) is 0 Å². The quantitative estimate of drug-likeness (QED) is 0.0320. The Bertz CT molecular complexity index is 1420. The Kier molecular flexibility index (Phi) is 72.4. The van der Waals surface area contributed by atoms with Crippen LogP contribution in [0.5, 0.6) is 0 Å². The number of unbranched alkanes of at least 4 members (excludes halogenated alkanes) is 53. The van der Waals surface area contributed by atoms with Crippen molar-refractivity contribution in [1.29, 1.82) is 0 Å². The van der Waals surface area contributed by atoms with Gasteiger partial charge in [0.25, 0.3) is 0 Å². The molecule has 2 atom stereocenters. The van der Waals surface area contributed by atoms with Crippen molar-refractivity contribution in [3.63, 3.8) is 0 Å². The van der Waals surface area contributed by atoms with Gasteiger partial charge in [0, 0.05) is 12.8 Å². The van der Waals surface area contributed by atoms with Crippen LogP contribution in [0, 0.1) is 0 Å². The molecule has 3 N–H and O–H groups in total. The molecule has 500 valence electrons. The Morgan fingerprint density at radius 1 is 0.329 bits per heavy atom. The molecule has 0 saturated heterocycles. The first-order valence-corrected chi connectivity index (χ1v) is 38.4. The Labute approximate surface area is 531 Å². The molecule has 85 heavy (non-hydrogen) atoms. The van der Waals surface area contributed by atoms with Gasteiger partial charge in [0.2, 0.25) is 5.91 Å². The van der Waals surface area contributed by atoms with Crippen LogP contribution in [-0.2, 0) is 14.3 Å². The smallest absolute Gasteiger partial charge is 0.305 e. The Hall–Kier alpha value is -2.18. The largest absolute Gasteiger partial charge is 0.466 e. The molecular formula is C79H149NO5. The third-order valence-electron chi connectivity index (χ3n) is 17.9. The van der Waals surface area contributed by atoms with E-state index in [1.807, 2.05) is 0 Å². The van der Waals surface area contributed by atoms with E-state index in [9.17, 15) is 19.8 Å². The zero-order valence-electron chi connectivity index (χ0n) is 57.4. The number of allylic oxidation sites excluding steroid dienone is 8. The number of ether oxygens (including phenoxy) is 1. The number of nitrogens with one attached hydrogen (secondary N) is 1. The lowest BCUT2D eigenvalue weighted by Gasteiger charge is -2.22. The number of hydrogen-bond donors (Lipinski definition) is 3. The molecule has 0 aromatic carbocycles. The summed E-state index contributed by atoms with van der Waals surface area (Å²) in [6, 6.07) is -0.540. The average molecular weight is 1190 g/mol. The van der Waals surface area contributed by atoms with Gasteiger partial charge < -0.3 is 20.3 Å². The maximum absolute atomic E-state index is 12.5. The molecule has 6 heteroatoms. The van der Waals surface area contributed by atoms with Gasteiger partial charge in [-0.05, 0) is 89.9 Å². The van der Waals surface area contributed by atoms with Gasteiger partial charge in [-0.3, -0.25) is 9.59 Å². The van der Waals surface area contributed by atoms with Crippen LogP contribution in [0.25, 0.3) is 0 Å². The summed E-state index contributed by atoms with van der Waals surface area (Å²) < 4.78 is 5.49. The molecule has 0 rings (SSSR count). The molecule has 0 saturated carbocycles. The van der Waals surface area contributed by atoms with Crippen molar-refractivity contribution in [2.24, 2.45) is 0 Å². The number of esters is 1. The molecule has 6 nitrogen and oxygen atoms in total. The lowest BCUT2D eigenvalue weighted by Crippen LogP contribution is -2.45. The first-order valence-electron chi connectivity index (χ1n) is 38.4. The second-order valence-electron chi connectivity index (χ2n) is 26.3. The summed E-state index contributed by atoms with van der Waals surface area (Å²) in [4.78, 5) is 24.6. The lowest BCUT2D eigenvalue weighted by molar-refractivity contribution is -0.143. The highest BCUT2D eigenvalue weighted by molar-refractivity contribution is 5.76. The van der Waals surface area contributed by atoms with E-state index >= 15 is 0 Å². The molecule has 0 heterocycles. The number of carbonyl (C=O) groups excluding carboxylic acids is 2. The van der Waals surface area contributed by atoms with Crippen molar-refractivity contribution in [3.05, 3.63) is 48.6 Å². The Morgan fingerprint density at radius 3 is 0.906 bits per heavy atom. The molecule has 0 radical (unpaired) electrons. The van der Waals surface area contributed by atoms with Gasteiger partial charge in [0.15, 0.2) is 0 Å². The van der Waals surface area contributed by atoms with Crippen LogP contribution in [0.15, 0.2) is 48.6 Å². The zero-order chi connectivity index (χ0) is 61.3. The van der Waals surface area contributed by atoms with Crippen molar-refractivity contribution in [3.8, 4) is 0 Å². The summed E-state index contributed by atoms with van der Waals surface area (Å²) in [5.41, 5.74) is 0. The third-order valence-corrected chi connectivity index (χ3v) is 17.9. The van der Waals surface area contributed by atoms with E-state index in [-0.39, 0.29) is 18.5 Å². The number of carbonyl (C=O) groups is 2. The molecule has 0 aromatic rings. The number of rotatable bonds is 72.